The van der Waals surface area contributed by atoms with Crippen molar-refractivity contribution in [2.45, 2.75) is 41.5 Å². The van der Waals surface area contributed by atoms with E-state index < -0.39 is 0 Å². The fraction of sp³-hybridized carbons (Fsp3) is 0.538. The average molecular weight is 304 g/mol. The van der Waals surface area contributed by atoms with Crippen molar-refractivity contribution in [2.75, 3.05) is 0 Å². The Bertz CT molecular complexity index is 286. The highest BCUT2D eigenvalue weighted by Gasteiger charge is 2.10. The molecule has 0 aliphatic rings. The highest BCUT2D eigenvalue weighted by molar-refractivity contribution is 14.1. The maximum Gasteiger partial charge on any atom is -0.00932 e. The number of allylic oxidation sites excluding steroid dienone is 5. The first kappa shape index (κ1) is 13.9. The highest BCUT2D eigenvalue weighted by Crippen LogP contribution is 2.28. The quantitative estimate of drug-likeness (QED) is 0.492. The van der Waals surface area contributed by atoms with Crippen molar-refractivity contribution in [3.05, 3.63) is 32.5 Å². The van der Waals surface area contributed by atoms with Crippen LogP contribution in [0.2, 0.25) is 0 Å². The third-order valence-corrected chi connectivity index (χ3v) is 3.33. The fourth-order valence-corrected chi connectivity index (χ4v) is 2.11. The van der Waals surface area contributed by atoms with Crippen LogP contribution in [-0.4, -0.2) is 0 Å². The van der Waals surface area contributed by atoms with Gasteiger partial charge in [0, 0.05) is 0 Å². The van der Waals surface area contributed by atoms with E-state index in [0.717, 1.165) is 0 Å². The van der Waals surface area contributed by atoms with Crippen molar-refractivity contribution in [2.24, 2.45) is 5.92 Å². The normalized spacial score (nSPS) is 15.1. The SMILES string of the molecule is C=C(C)/C(=C(C)\C(C)=C(/C)I)C(C)C. The summed E-state index contributed by atoms with van der Waals surface area (Å²) in [6.07, 6.45) is 0. The Kier molecular flexibility index (Phi) is 5.72. The molecule has 0 amide bonds. The molecule has 0 aliphatic heterocycles. The van der Waals surface area contributed by atoms with Gasteiger partial charge in [0.1, 0.15) is 0 Å². The van der Waals surface area contributed by atoms with Crippen LogP contribution in [0.15, 0.2) is 32.5 Å². The summed E-state index contributed by atoms with van der Waals surface area (Å²) in [4.78, 5) is 0. The molecule has 0 unspecified atom stereocenters. The van der Waals surface area contributed by atoms with Gasteiger partial charge in [0.15, 0.2) is 0 Å². The molecule has 0 aromatic carbocycles. The number of rotatable bonds is 3. The predicted molar refractivity (Wildman–Crippen MR) is 74.7 cm³/mol. The Morgan fingerprint density at radius 2 is 1.43 bits per heavy atom. The molecule has 80 valence electrons. The Hall–Kier alpha value is -0.0500. The van der Waals surface area contributed by atoms with Gasteiger partial charge in [-0.2, -0.15) is 0 Å². The maximum absolute atomic E-state index is 4.06. The van der Waals surface area contributed by atoms with E-state index in [2.05, 4.69) is 70.7 Å². The molecule has 0 rings (SSSR count). The number of hydrogen-bond acceptors (Lipinski definition) is 0. The molecule has 1 heteroatoms. The van der Waals surface area contributed by atoms with Gasteiger partial charge in [0.25, 0.3) is 0 Å². The van der Waals surface area contributed by atoms with Crippen LogP contribution in [0, 0.1) is 5.92 Å². The van der Waals surface area contributed by atoms with E-state index in [4.69, 9.17) is 0 Å². The van der Waals surface area contributed by atoms with E-state index in [1.165, 1.54) is 25.9 Å². The summed E-state index contributed by atoms with van der Waals surface area (Å²) in [6, 6.07) is 0. The van der Waals surface area contributed by atoms with Gasteiger partial charge in [-0.05, 0) is 76.5 Å². The lowest BCUT2D eigenvalue weighted by atomic mass is 9.89. The van der Waals surface area contributed by atoms with Gasteiger partial charge in [-0.1, -0.05) is 26.0 Å². The first-order valence-electron chi connectivity index (χ1n) is 4.99. The minimum Gasteiger partial charge on any atom is -0.0958 e. The maximum atomic E-state index is 4.06. The minimum absolute atomic E-state index is 0.554. The summed E-state index contributed by atoms with van der Waals surface area (Å²) >= 11 is 2.38. The van der Waals surface area contributed by atoms with E-state index in [1.54, 1.807) is 0 Å². The van der Waals surface area contributed by atoms with Gasteiger partial charge >= 0.3 is 0 Å². The molecular weight excluding hydrogens is 283 g/mol. The van der Waals surface area contributed by atoms with E-state index in [0.29, 0.717) is 5.92 Å². The molecule has 0 radical (unpaired) electrons. The molecule has 0 aliphatic carbocycles. The van der Waals surface area contributed by atoms with Gasteiger partial charge in [0.05, 0.1) is 0 Å². The first-order chi connectivity index (χ1) is 6.29. The van der Waals surface area contributed by atoms with Gasteiger partial charge in [-0.15, -0.1) is 0 Å². The molecule has 0 saturated carbocycles. The van der Waals surface area contributed by atoms with Crippen LogP contribution in [-0.2, 0) is 0 Å². The van der Waals surface area contributed by atoms with Crippen LogP contribution in [0.3, 0.4) is 0 Å². The molecule has 0 saturated heterocycles. The van der Waals surface area contributed by atoms with Crippen molar-refractivity contribution >= 4 is 22.6 Å². The molecule has 0 bridgehead atoms. The molecule has 0 spiro atoms. The van der Waals surface area contributed by atoms with Crippen LogP contribution < -0.4 is 0 Å². The minimum atomic E-state index is 0.554. The summed E-state index contributed by atoms with van der Waals surface area (Å²) in [6.45, 7) is 17.1. The van der Waals surface area contributed by atoms with Gasteiger partial charge < -0.3 is 0 Å². The number of halogens is 1. The third-order valence-electron chi connectivity index (χ3n) is 2.52. The molecule has 0 aromatic heterocycles. The Morgan fingerprint density at radius 1 is 1.00 bits per heavy atom. The lowest BCUT2D eigenvalue weighted by molar-refractivity contribution is 0.767. The molecule has 0 N–H and O–H groups in total. The number of hydrogen-bond donors (Lipinski definition) is 0. The van der Waals surface area contributed by atoms with Gasteiger partial charge in [-0.25, -0.2) is 0 Å². The lowest BCUT2D eigenvalue weighted by Crippen LogP contribution is -2.00. The summed E-state index contributed by atoms with van der Waals surface area (Å²) in [5.74, 6) is 0.554. The van der Waals surface area contributed by atoms with Crippen LogP contribution in [0.25, 0.3) is 0 Å². The summed E-state index contributed by atoms with van der Waals surface area (Å²) in [5.41, 5.74) is 5.37. The first-order valence-corrected chi connectivity index (χ1v) is 6.06. The van der Waals surface area contributed by atoms with Crippen molar-refractivity contribution in [3.63, 3.8) is 0 Å². The molecular formula is C13H21I. The molecule has 0 fully saturated rings. The largest absolute Gasteiger partial charge is 0.0958 e. The van der Waals surface area contributed by atoms with E-state index >= 15 is 0 Å². The standard InChI is InChI=1S/C13H21I/c1-8(2)13(9(3)4)11(6)10(5)12(7)14/h9H,1H2,2-7H3/b12-10+,13-11+. The van der Waals surface area contributed by atoms with E-state index in [9.17, 15) is 0 Å². The Labute approximate surface area is 102 Å². The second-order valence-corrected chi connectivity index (χ2v) is 5.75. The van der Waals surface area contributed by atoms with Crippen LogP contribution >= 0.6 is 22.6 Å². The topological polar surface area (TPSA) is 0 Å². The van der Waals surface area contributed by atoms with E-state index in [1.807, 2.05) is 0 Å². The summed E-state index contributed by atoms with van der Waals surface area (Å²) < 4.78 is 1.36. The molecule has 14 heavy (non-hydrogen) atoms. The zero-order valence-electron chi connectivity index (χ0n) is 10.2. The fourth-order valence-electron chi connectivity index (χ4n) is 1.71. The van der Waals surface area contributed by atoms with E-state index in [-0.39, 0.29) is 0 Å². The molecule has 0 aromatic rings. The molecule has 0 nitrogen and oxygen atoms in total. The second kappa shape index (κ2) is 5.74. The Balaban J connectivity index is 5.44. The average Bonchev–Trinajstić information content (AvgIpc) is 2.01. The van der Waals surface area contributed by atoms with Crippen molar-refractivity contribution in [1.29, 1.82) is 0 Å². The summed E-state index contributed by atoms with van der Waals surface area (Å²) in [7, 11) is 0. The smallest absolute Gasteiger partial charge is 0.00932 e. The summed E-state index contributed by atoms with van der Waals surface area (Å²) in [5, 5.41) is 0. The van der Waals surface area contributed by atoms with Crippen LogP contribution in [0.5, 0.6) is 0 Å². The van der Waals surface area contributed by atoms with Crippen molar-refractivity contribution < 1.29 is 0 Å². The van der Waals surface area contributed by atoms with Crippen molar-refractivity contribution in [1.82, 2.24) is 0 Å². The molecule has 0 heterocycles. The van der Waals surface area contributed by atoms with Gasteiger partial charge in [0.2, 0.25) is 0 Å². The zero-order chi connectivity index (χ0) is 11.5. The van der Waals surface area contributed by atoms with Crippen LogP contribution in [0.4, 0.5) is 0 Å². The van der Waals surface area contributed by atoms with Crippen molar-refractivity contribution in [3.8, 4) is 0 Å². The van der Waals surface area contributed by atoms with Gasteiger partial charge in [-0.3, -0.25) is 0 Å². The highest BCUT2D eigenvalue weighted by atomic mass is 127. The predicted octanol–water partition coefficient (Wildman–Crippen LogP) is 5.26. The third kappa shape index (κ3) is 3.60. The lowest BCUT2D eigenvalue weighted by Gasteiger charge is -2.17. The zero-order valence-corrected chi connectivity index (χ0v) is 12.3. The Morgan fingerprint density at radius 3 is 1.64 bits per heavy atom. The van der Waals surface area contributed by atoms with Crippen LogP contribution in [0.1, 0.15) is 41.5 Å². The molecule has 0 atom stereocenters. The second-order valence-electron chi connectivity index (χ2n) is 4.13. The monoisotopic (exact) mass is 304 g/mol.